The molecule has 0 aliphatic carbocycles. The van der Waals surface area contributed by atoms with E-state index in [0.29, 0.717) is 44.8 Å². The molecule has 0 aromatic heterocycles. The number of halogens is 3. The van der Waals surface area contributed by atoms with E-state index in [4.69, 9.17) is 4.74 Å². The summed E-state index contributed by atoms with van der Waals surface area (Å²) in [5.41, 5.74) is 0.978. The highest BCUT2D eigenvalue weighted by Gasteiger charge is 2.31. The number of hydrogen-bond donors (Lipinski definition) is 2. The van der Waals surface area contributed by atoms with Crippen molar-refractivity contribution in [1.82, 2.24) is 9.62 Å². The zero-order chi connectivity index (χ0) is 23.4. The van der Waals surface area contributed by atoms with Crippen LogP contribution in [0.4, 0.5) is 13.2 Å². The Balaban J connectivity index is 1.53. The summed E-state index contributed by atoms with van der Waals surface area (Å²) in [5.74, 6) is 0.0347. The van der Waals surface area contributed by atoms with Crippen molar-refractivity contribution < 1.29 is 36.2 Å². The number of aromatic hydroxyl groups is 1. The van der Waals surface area contributed by atoms with E-state index in [2.05, 4.69) is 14.4 Å². The van der Waals surface area contributed by atoms with Gasteiger partial charge in [-0.2, -0.15) is 0 Å². The predicted octanol–water partition coefficient (Wildman–Crippen LogP) is 3.63. The molecule has 1 aliphatic rings. The van der Waals surface area contributed by atoms with Crippen molar-refractivity contribution >= 4 is 10.0 Å². The van der Waals surface area contributed by atoms with Gasteiger partial charge < -0.3 is 14.6 Å². The lowest BCUT2D eigenvalue weighted by Crippen LogP contribution is -2.44. The number of likely N-dealkylation sites (tertiary alicyclic amines) is 1. The van der Waals surface area contributed by atoms with E-state index in [1.165, 1.54) is 0 Å². The molecule has 2 aromatic carbocycles. The van der Waals surface area contributed by atoms with Crippen molar-refractivity contribution in [2.75, 3.05) is 19.7 Å². The van der Waals surface area contributed by atoms with E-state index in [-0.39, 0.29) is 16.7 Å². The van der Waals surface area contributed by atoms with Gasteiger partial charge in [-0.3, -0.25) is 4.90 Å². The summed E-state index contributed by atoms with van der Waals surface area (Å²) < 4.78 is 73.7. The van der Waals surface area contributed by atoms with Crippen molar-refractivity contribution in [2.45, 2.75) is 43.6 Å². The lowest BCUT2D eigenvalue weighted by molar-refractivity contribution is -0.274. The number of piperidine rings is 1. The monoisotopic (exact) mass is 474 g/mol. The van der Waals surface area contributed by atoms with Crippen LogP contribution in [0.25, 0.3) is 0 Å². The highest BCUT2D eigenvalue weighted by Crippen LogP contribution is 2.28. The predicted molar refractivity (Wildman–Crippen MR) is 111 cm³/mol. The number of ether oxygens (including phenoxy) is 2. The minimum atomic E-state index is -4.84. The smallest absolute Gasteiger partial charge is 0.504 e. The normalized spacial score (nSPS) is 16.1. The number of benzene rings is 2. The summed E-state index contributed by atoms with van der Waals surface area (Å²) >= 11 is 0. The Morgan fingerprint density at radius 2 is 1.78 bits per heavy atom. The Morgan fingerprint density at radius 3 is 2.38 bits per heavy atom. The minimum Gasteiger partial charge on any atom is -0.504 e. The number of sulfonamides is 1. The fourth-order valence-corrected chi connectivity index (χ4v) is 4.81. The van der Waals surface area contributed by atoms with Crippen LogP contribution >= 0.6 is 0 Å². The van der Waals surface area contributed by atoms with Gasteiger partial charge in [0.1, 0.15) is 5.75 Å². The van der Waals surface area contributed by atoms with Crippen molar-refractivity contribution in [3.05, 3.63) is 48.0 Å². The van der Waals surface area contributed by atoms with Gasteiger partial charge in [-0.05, 0) is 61.7 Å². The molecule has 2 N–H and O–H groups in total. The topological polar surface area (TPSA) is 88.1 Å². The molecule has 1 fully saturated rings. The molecule has 0 amide bonds. The SMILES string of the molecule is CCOc1cc(CN2CCC(NS(=O)(=O)c3ccc(OC(F)(F)F)cc3)CC2)ccc1O. The number of nitrogens with one attached hydrogen (secondary N) is 1. The average molecular weight is 475 g/mol. The Morgan fingerprint density at radius 1 is 1.12 bits per heavy atom. The molecule has 1 saturated heterocycles. The van der Waals surface area contributed by atoms with E-state index >= 15 is 0 Å². The third kappa shape index (κ3) is 6.75. The molecule has 0 atom stereocenters. The molecular weight excluding hydrogens is 449 g/mol. The Hall–Kier alpha value is -2.50. The van der Waals surface area contributed by atoms with Crippen LogP contribution in [-0.4, -0.2) is 50.5 Å². The Labute approximate surface area is 184 Å². The average Bonchev–Trinajstić information content (AvgIpc) is 2.71. The highest BCUT2D eigenvalue weighted by molar-refractivity contribution is 7.89. The van der Waals surface area contributed by atoms with Crippen molar-refractivity contribution in [3.8, 4) is 17.2 Å². The van der Waals surface area contributed by atoms with Gasteiger partial charge in [0.2, 0.25) is 10.0 Å². The fourth-order valence-electron chi connectivity index (χ4n) is 3.50. The molecule has 2 aromatic rings. The third-order valence-electron chi connectivity index (χ3n) is 5.01. The van der Waals surface area contributed by atoms with Gasteiger partial charge in [-0.1, -0.05) is 6.07 Å². The Kier molecular flexibility index (Phi) is 7.52. The molecule has 0 spiro atoms. The van der Waals surface area contributed by atoms with E-state index < -0.39 is 22.1 Å². The number of alkyl halides is 3. The van der Waals surface area contributed by atoms with E-state index in [1.54, 1.807) is 12.1 Å². The maximum absolute atomic E-state index is 12.6. The first kappa shape index (κ1) is 24.1. The van der Waals surface area contributed by atoms with Crippen molar-refractivity contribution in [3.63, 3.8) is 0 Å². The molecule has 0 saturated carbocycles. The summed E-state index contributed by atoms with van der Waals surface area (Å²) in [6.45, 7) is 4.25. The standard InChI is InChI=1S/C21H25F3N2O5S/c1-2-30-20-13-15(3-8-19(20)27)14-26-11-9-16(10-12-26)25-32(28,29)18-6-4-17(5-7-18)31-21(22,23)24/h3-8,13,16,25,27H,2,9-12,14H2,1H3. The van der Waals surface area contributed by atoms with E-state index in [1.807, 2.05) is 13.0 Å². The van der Waals surface area contributed by atoms with Crippen molar-refractivity contribution in [2.24, 2.45) is 0 Å². The molecule has 3 rings (SSSR count). The first-order valence-electron chi connectivity index (χ1n) is 10.1. The van der Waals surface area contributed by atoms with Crippen LogP contribution in [0.2, 0.25) is 0 Å². The molecular formula is C21H25F3N2O5S. The van der Waals surface area contributed by atoms with Gasteiger partial charge in [0.25, 0.3) is 0 Å². The molecule has 1 heterocycles. The van der Waals surface area contributed by atoms with Gasteiger partial charge in [0.05, 0.1) is 11.5 Å². The second-order valence-corrected chi connectivity index (χ2v) is 9.14. The van der Waals surface area contributed by atoms with Gasteiger partial charge in [0.15, 0.2) is 11.5 Å². The van der Waals surface area contributed by atoms with Crippen LogP contribution in [-0.2, 0) is 16.6 Å². The van der Waals surface area contributed by atoms with Crippen LogP contribution < -0.4 is 14.2 Å². The molecule has 0 unspecified atom stereocenters. The zero-order valence-electron chi connectivity index (χ0n) is 17.4. The highest BCUT2D eigenvalue weighted by atomic mass is 32.2. The fraction of sp³-hybridized carbons (Fsp3) is 0.429. The number of nitrogens with zero attached hydrogens (tertiary/aromatic N) is 1. The zero-order valence-corrected chi connectivity index (χ0v) is 18.2. The van der Waals surface area contributed by atoms with Gasteiger partial charge in [-0.15, -0.1) is 13.2 Å². The number of phenolic OH excluding ortho intramolecular Hbond substituents is 1. The summed E-state index contributed by atoms with van der Waals surface area (Å²) in [7, 11) is -3.86. The van der Waals surface area contributed by atoms with Gasteiger partial charge in [-0.25, -0.2) is 13.1 Å². The largest absolute Gasteiger partial charge is 0.573 e. The summed E-state index contributed by atoms with van der Waals surface area (Å²) in [4.78, 5) is 2.05. The molecule has 32 heavy (non-hydrogen) atoms. The maximum atomic E-state index is 12.6. The second kappa shape index (κ2) is 9.97. The summed E-state index contributed by atoms with van der Waals surface area (Å²) in [6.07, 6.45) is -3.66. The molecule has 1 aliphatic heterocycles. The lowest BCUT2D eigenvalue weighted by Gasteiger charge is -2.32. The molecule has 11 heteroatoms. The number of hydrogen-bond acceptors (Lipinski definition) is 6. The number of phenols is 1. The van der Waals surface area contributed by atoms with Crippen LogP contribution in [0.5, 0.6) is 17.2 Å². The van der Waals surface area contributed by atoms with Gasteiger partial charge >= 0.3 is 6.36 Å². The van der Waals surface area contributed by atoms with E-state index in [9.17, 15) is 26.7 Å². The quantitative estimate of drug-likeness (QED) is 0.608. The number of rotatable bonds is 8. The second-order valence-electron chi connectivity index (χ2n) is 7.43. The van der Waals surface area contributed by atoms with Gasteiger partial charge in [0, 0.05) is 25.7 Å². The summed E-state index contributed by atoms with van der Waals surface area (Å²) in [6, 6.07) is 9.03. The van der Waals surface area contributed by atoms with Crippen LogP contribution in [0.15, 0.2) is 47.4 Å². The molecule has 0 radical (unpaired) electrons. The molecule has 0 bridgehead atoms. The van der Waals surface area contributed by atoms with Crippen molar-refractivity contribution in [1.29, 1.82) is 0 Å². The van der Waals surface area contributed by atoms with Crippen LogP contribution in [0.1, 0.15) is 25.3 Å². The Bertz CT molecular complexity index is 1010. The summed E-state index contributed by atoms with van der Waals surface area (Å²) in [5, 5.41) is 9.81. The maximum Gasteiger partial charge on any atom is 0.573 e. The molecule has 7 nitrogen and oxygen atoms in total. The van der Waals surface area contributed by atoms with Crippen LogP contribution in [0.3, 0.4) is 0 Å². The lowest BCUT2D eigenvalue weighted by atomic mass is 10.1. The molecule has 176 valence electrons. The first-order chi connectivity index (χ1) is 15.1. The first-order valence-corrected chi connectivity index (χ1v) is 11.6. The third-order valence-corrected chi connectivity index (χ3v) is 6.54. The van der Waals surface area contributed by atoms with Crippen LogP contribution in [0, 0.1) is 0 Å². The minimum absolute atomic E-state index is 0.0849. The van der Waals surface area contributed by atoms with E-state index in [0.717, 1.165) is 29.8 Å².